The van der Waals surface area contributed by atoms with E-state index < -0.39 is 35.2 Å². The Labute approximate surface area is 236 Å². The number of rotatable bonds is 14. The van der Waals surface area contributed by atoms with Crippen LogP contribution in [0.5, 0.6) is 0 Å². The van der Waals surface area contributed by atoms with E-state index in [1.54, 1.807) is 6.08 Å². The van der Waals surface area contributed by atoms with E-state index in [2.05, 4.69) is 13.0 Å². The molecule has 1 N–H and O–H groups in total. The Balaban J connectivity index is 1.43. The predicted molar refractivity (Wildman–Crippen MR) is 145 cm³/mol. The Hall–Kier alpha value is -2.65. The molecular weight excluding hydrogens is 516 g/mol. The highest BCUT2D eigenvalue weighted by atomic mass is 16.7. The summed E-state index contributed by atoms with van der Waals surface area (Å²) in [5, 5.41) is 10.6. The maximum absolute atomic E-state index is 12.5. The first kappa shape index (κ1) is 30.3. The molecule has 4 rings (SSSR count). The van der Waals surface area contributed by atoms with Crippen molar-refractivity contribution < 1.29 is 43.2 Å². The Kier molecular flexibility index (Phi) is 10.1. The number of epoxide rings is 1. The van der Waals surface area contributed by atoms with Gasteiger partial charge >= 0.3 is 17.9 Å². The van der Waals surface area contributed by atoms with Crippen LogP contribution < -0.4 is 0 Å². The standard InChI is InChI=1S/C31H44O9/c1-4-5-6-7-8-9-10-11-12-13-25(35)38-19-30(18-32)24-14-15-31(20-39-31)28-26(27(24)30)23(16-36-21(2)33)17-37-29(28)40-22(3)34/h10-13,17,24,26-29,32H,4-9,14-16,18-20H2,1-3H3/b11-10+,13-12+/t24-,26+,27-,28-,29+,30+,31+/m0/s1. The molecule has 40 heavy (non-hydrogen) atoms. The van der Waals surface area contributed by atoms with Gasteiger partial charge in [-0.05, 0) is 37.5 Å². The summed E-state index contributed by atoms with van der Waals surface area (Å²) >= 11 is 0. The lowest BCUT2D eigenvalue weighted by atomic mass is 9.71. The van der Waals surface area contributed by atoms with Gasteiger partial charge in [0.25, 0.3) is 0 Å². The van der Waals surface area contributed by atoms with Gasteiger partial charge in [0.05, 0.1) is 25.4 Å². The summed E-state index contributed by atoms with van der Waals surface area (Å²) < 4.78 is 28.4. The van der Waals surface area contributed by atoms with Gasteiger partial charge in [-0.2, -0.15) is 0 Å². The molecule has 3 fully saturated rings. The lowest BCUT2D eigenvalue weighted by Crippen LogP contribution is -2.48. The molecule has 222 valence electrons. The highest BCUT2D eigenvalue weighted by molar-refractivity contribution is 5.82. The first-order chi connectivity index (χ1) is 19.3. The number of carbonyl (C=O) groups is 3. The molecule has 4 aliphatic rings. The van der Waals surface area contributed by atoms with Gasteiger partial charge in [0.15, 0.2) is 0 Å². The zero-order chi connectivity index (χ0) is 28.8. The molecule has 2 aliphatic heterocycles. The molecule has 0 bridgehead atoms. The van der Waals surface area contributed by atoms with Gasteiger partial charge in [-0.3, -0.25) is 9.59 Å². The predicted octanol–water partition coefficient (Wildman–Crippen LogP) is 4.39. The third-order valence-electron chi connectivity index (χ3n) is 9.03. The van der Waals surface area contributed by atoms with Crippen LogP contribution in [0.2, 0.25) is 0 Å². The summed E-state index contributed by atoms with van der Waals surface area (Å²) in [7, 11) is 0. The van der Waals surface area contributed by atoms with Crippen LogP contribution in [0.15, 0.2) is 36.1 Å². The third kappa shape index (κ3) is 6.79. The van der Waals surface area contributed by atoms with Crippen molar-refractivity contribution >= 4 is 17.9 Å². The van der Waals surface area contributed by atoms with E-state index in [9.17, 15) is 19.5 Å². The SMILES string of the molecule is CCCCCCC/C=C/C=C/C(=O)OC[C@@]1(CO)[C@@H]2[C@H]3C(COC(C)=O)=CO[C@H](OC(C)=O)[C@H]3[C@@]3(CC[C@@H]21)CO3. The summed E-state index contributed by atoms with van der Waals surface area (Å²) in [6, 6.07) is 0. The van der Waals surface area contributed by atoms with E-state index in [0.29, 0.717) is 13.0 Å². The maximum Gasteiger partial charge on any atom is 0.330 e. The van der Waals surface area contributed by atoms with Crippen LogP contribution in [-0.4, -0.2) is 61.3 Å². The number of fused-ring (bicyclic) bond motifs is 4. The van der Waals surface area contributed by atoms with Crippen LogP contribution in [0.3, 0.4) is 0 Å². The van der Waals surface area contributed by atoms with Crippen LogP contribution >= 0.6 is 0 Å². The molecule has 0 aromatic carbocycles. The lowest BCUT2D eigenvalue weighted by molar-refractivity contribution is -0.193. The van der Waals surface area contributed by atoms with E-state index >= 15 is 0 Å². The molecule has 0 aromatic rings. The fourth-order valence-corrected chi connectivity index (χ4v) is 6.91. The van der Waals surface area contributed by atoms with Gasteiger partial charge in [0.2, 0.25) is 6.29 Å². The monoisotopic (exact) mass is 560 g/mol. The highest BCUT2D eigenvalue weighted by Gasteiger charge is 2.75. The number of ether oxygens (including phenoxy) is 5. The van der Waals surface area contributed by atoms with Gasteiger partial charge in [-0.15, -0.1) is 0 Å². The quantitative estimate of drug-likeness (QED) is 0.0823. The van der Waals surface area contributed by atoms with Crippen LogP contribution in [-0.2, 0) is 38.1 Å². The second kappa shape index (κ2) is 13.3. The van der Waals surface area contributed by atoms with Crippen LogP contribution in [0.25, 0.3) is 0 Å². The topological polar surface area (TPSA) is 121 Å². The Bertz CT molecular complexity index is 1010. The van der Waals surface area contributed by atoms with Gasteiger partial charge in [0, 0.05) is 36.8 Å². The van der Waals surface area contributed by atoms with E-state index in [1.807, 2.05) is 6.08 Å². The van der Waals surface area contributed by atoms with Gasteiger partial charge in [-0.25, -0.2) is 4.79 Å². The first-order valence-corrected chi connectivity index (χ1v) is 14.7. The third-order valence-corrected chi connectivity index (χ3v) is 9.03. The molecule has 1 spiro atoms. The minimum atomic E-state index is -0.856. The molecule has 2 heterocycles. The Morgan fingerprint density at radius 2 is 1.85 bits per heavy atom. The molecule has 0 amide bonds. The molecule has 9 heteroatoms. The Morgan fingerprint density at radius 1 is 1.07 bits per heavy atom. The number of esters is 3. The summed E-state index contributed by atoms with van der Waals surface area (Å²) in [5.41, 5.74) is -0.404. The van der Waals surface area contributed by atoms with Crippen molar-refractivity contribution in [3.05, 3.63) is 36.1 Å². The van der Waals surface area contributed by atoms with E-state index in [0.717, 1.165) is 24.8 Å². The summed E-state index contributed by atoms with van der Waals surface area (Å²) in [4.78, 5) is 36.1. The first-order valence-electron chi connectivity index (χ1n) is 14.7. The lowest BCUT2D eigenvalue weighted by Gasteiger charge is -2.41. The molecule has 0 unspecified atom stereocenters. The number of aliphatic hydroxyl groups is 1. The largest absolute Gasteiger partial charge is 0.462 e. The van der Waals surface area contributed by atoms with Gasteiger partial charge < -0.3 is 28.8 Å². The maximum atomic E-state index is 12.5. The fraction of sp³-hybridized carbons (Fsp3) is 0.710. The van der Waals surface area contributed by atoms with Crippen LogP contribution in [0.1, 0.15) is 72.1 Å². The average molecular weight is 561 g/mol. The van der Waals surface area contributed by atoms with Gasteiger partial charge in [-0.1, -0.05) is 50.8 Å². The Morgan fingerprint density at radius 3 is 2.52 bits per heavy atom. The summed E-state index contributed by atoms with van der Waals surface area (Å²) in [6.45, 7) is 5.34. The van der Waals surface area contributed by atoms with E-state index in [-0.39, 0.29) is 43.5 Å². The molecule has 7 atom stereocenters. The second-order valence-corrected chi connectivity index (χ2v) is 11.7. The molecule has 2 saturated carbocycles. The minimum absolute atomic E-state index is 0.0254. The van der Waals surface area contributed by atoms with Crippen molar-refractivity contribution in [2.75, 3.05) is 26.4 Å². The number of allylic oxidation sites excluding steroid dienone is 3. The fourth-order valence-electron chi connectivity index (χ4n) is 6.91. The second-order valence-electron chi connectivity index (χ2n) is 11.7. The molecule has 0 aromatic heterocycles. The van der Waals surface area contributed by atoms with Crippen molar-refractivity contribution in [3.63, 3.8) is 0 Å². The van der Waals surface area contributed by atoms with Crippen molar-refractivity contribution in [1.82, 2.24) is 0 Å². The van der Waals surface area contributed by atoms with Gasteiger partial charge in [0.1, 0.15) is 18.8 Å². The van der Waals surface area contributed by atoms with E-state index in [4.69, 9.17) is 23.7 Å². The molecular formula is C31H44O9. The van der Waals surface area contributed by atoms with E-state index in [1.165, 1.54) is 51.9 Å². The average Bonchev–Trinajstić information content (AvgIpc) is 3.83. The highest BCUT2D eigenvalue weighted by Crippen LogP contribution is 2.72. The zero-order valence-corrected chi connectivity index (χ0v) is 24.0. The number of hydrogen-bond donors (Lipinski definition) is 1. The zero-order valence-electron chi connectivity index (χ0n) is 24.0. The smallest absolute Gasteiger partial charge is 0.330 e. The normalized spacial score (nSPS) is 33.9. The number of aliphatic hydroxyl groups excluding tert-OH is 1. The number of hydrogen-bond acceptors (Lipinski definition) is 9. The van der Waals surface area contributed by atoms with Crippen molar-refractivity contribution in [2.45, 2.75) is 84.0 Å². The van der Waals surface area contributed by atoms with Crippen LogP contribution in [0.4, 0.5) is 0 Å². The molecule has 9 nitrogen and oxygen atoms in total. The van der Waals surface area contributed by atoms with Crippen molar-refractivity contribution in [2.24, 2.45) is 29.1 Å². The molecule has 1 saturated heterocycles. The van der Waals surface area contributed by atoms with Crippen molar-refractivity contribution in [3.8, 4) is 0 Å². The minimum Gasteiger partial charge on any atom is -0.462 e. The number of unbranched alkanes of at least 4 members (excludes halogenated alkanes) is 5. The van der Waals surface area contributed by atoms with Crippen molar-refractivity contribution in [1.29, 1.82) is 0 Å². The van der Waals surface area contributed by atoms with Crippen LogP contribution in [0, 0.1) is 29.1 Å². The molecule has 2 aliphatic carbocycles. The summed E-state index contributed by atoms with van der Waals surface area (Å²) in [6.07, 6.45) is 16.3. The number of carbonyl (C=O) groups excluding carboxylic acids is 3. The molecule has 0 radical (unpaired) electrons. The summed E-state index contributed by atoms with van der Waals surface area (Å²) in [5.74, 6) is -1.94.